The molecule has 0 spiro atoms. The molecule has 4 heteroatoms. The Labute approximate surface area is 119 Å². The smallest absolute Gasteiger partial charge is 0.220 e. The maximum absolute atomic E-state index is 11.7. The van der Waals surface area contributed by atoms with E-state index in [1.54, 1.807) is 0 Å². The number of hydrogen-bond donors (Lipinski definition) is 1. The summed E-state index contributed by atoms with van der Waals surface area (Å²) in [5.74, 6) is 0.796. The van der Waals surface area contributed by atoms with E-state index in [1.807, 2.05) is 0 Å². The van der Waals surface area contributed by atoms with Gasteiger partial charge in [0, 0.05) is 24.4 Å². The molecule has 1 saturated heterocycles. The average molecular weight is 320 g/mol. The first-order chi connectivity index (χ1) is 8.67. The van der Waals surface area contributed by atoms with E-state index in [0.717, 1.165) is 45.3 Å². The molecule has 0 radical (unpaired) electrons. The predicted molar refractivity (Wildman–Crippen MR) is 78.0 cm³/mol. The number of amides is 1. The van der Waals surface area contributed by atoms with E-state index in [0.29, 0.717) is 23.3 Å². The molecule has 106 valence electrons. The van der Waals surface area contributed by atoms with E-state index < -0.39 is 0 Å². The summed E-state index contributed by atoms with van der Waals surface area (Å²) in [6.07, 6.45) is 6.33. The second-order valence-electron chi connectivity index (χ2n) is 5.07. The molecule has 1 amide bonds. The van der Waals surface area contributed by atoms with Crippen LogP contribution in [-0.4, -0.2) is 30.0 Å². The van der Waals surface area contributed by atoms with Gasteiger partial charge in [-0.25, -0.2) is 0 Å². The number of halogens is 1. The standard InChI is InChI=1S/C14H26BrNO2/c1-3-11(4-2)13(15)10-16-14(17)8-7-12-6-5-9-18-12/h11-13H,3-10H2,1-2H3,(H,16,17). The van der Waals surface area contributed by atoms with Gasteiger partial charge in [0.05, 0.1) is 6.10 Å². The van der Waals surface area contributed by atoms with E-state index in [2.05, 4.69) is 35.1 Å². The second-order valence-corrected chi connectivity index (χ2v) is 6.25. The van der Waals surface area contributed by atoms with Crippen molar-refractivity contribution in [1.82, 2.24) is 5.32 Å². The largest absolute Gasteiger partial charge is 0.378 e. The molecule has 3 nitrogen and oxygen atoms in total. The average Bonchev–Trinajstić information content (AvgIpc) is 2.88. The molecule has 0 bridgehead atoms. The summed E-state index contributed by atoms with van der Waals surface area (Å²) in [6, 6.07) is 0. The van der Waals surface area contributed by atoms with Gasteiger partial charge in [-0.2, -0.15) is 0 Å². The maximum Gasteiger partial charge on any atom is 0.220 e. The summed E-state index contributed by atoms with van der Waals surface area (Å²) in [7, 11) is 0. The third-order valence-electron chi connectivity index (χ3n) is 3.77. The third-order valence-corrected chi connectivity index (χ3v) is 4.84. The van der Waals surface area contributed by atoms with Crippen LogP contribution in [0.25, 0.3) is 0 Å². The van der Waals surface area contributed by atoms with Gasteiger partial charge < -0.3 is 10.1 Å². The highest BCUT2D eigenvalue weighted by molar-refractivity contribution is 9.09. The summed E-state index contributed by atoms with van der Waals surface area (Å²) >= 11 is 3.67. The monoisotopic (exact) mass is 319 g/mol. The molecule has 0 saturated carbocycles. The van der Waals surface area contributed by atoms with Crippen LogP contribution < -0.4 is 5.32 Å². The topological polar surface area (TPSA) is 38.3 Å². The first-order valence-electron chi connectivity index (χ1n) is 7.19. The molecular formula is C14H26BrNO2. The number of nitrogens with one attached hydrogen (secondary N) is 1. The summed E-state index contributed by atoms with van der Waals surface area (Å²) in [5, 5.41) is 3.01. The van der Waals surface area contributed by atoms with Gasteiger partial charge in [-0.15, -0.1) is 0 Å². The Morgan fingerprint density at radius 3 is 2.72 bits per heavy atom. The molecule has 1 N–H and O–H groups in total. The molecule has 18 heavy (non-hydrogen) atoms. The van der Waals surface area contributed by atoms with Crippen LogP contribution in [0.4, 0.5) is 0 Å². The van der Waals surface area contributed by atoms with E-state index in [-0.39, 0.29) is 5.91 Å². The lowest BCUT2D eigenvalue weighted by Gasteiger charge is -2.20. The Balaban J connectivity index is 2.11. The van der Waals surface area contributed by atoms with Gasteiger partial charge in [-0.3, -0.25) is 4.79 Å². The summed E-state index contributed by atoms with van der Waals surface area (Å²) in [6.45, 7) is 5.99. The minimum absolute atomic E-state index is 0.154. The molecule has 1 fully saturated rings. The third kappa shape index (κ3) is 5.70. The van der Waals surface area contributed by atoms with Crippen molar-refractivity contribution >= 4 is 21.8 Å². The fourth-order valence-corrected chi connectivity index (χ4v) is 3.34. The summed E-state index contributed by atoms with van der Waals surface area (Å²) in [4.78, 5) is 12.1. The first-order valence-corrected chi connectivity index (χ1v) is 8.11. The van der Waals surface area contributed by atoms with Gasteiger partial charge in [0.15, 0.2) is 0 Å². The summed E-state index contributed by atoms with van der Waals surface area (Å²) < 4.78 is 5.51. The molecule has 0 aromatic rings. The van der Waals surface area contributed by atoms with Crippen LogP contribution >= 0.6 is 15.9 Å². The fraction of sp³-hybridized carbons (Fsp3) is 0.929. The van der Waals surface area contributed by atoms with Crippen LogP contribution in [0.2, 0.25) is 0 Å². The van der Waals surface area contributed by atoms with Crippen molar-refractivity contribution in [1.29, 1.82) is 0 Å². The molecule has 0 aliphatic carbocycles. The molecular weight excluding hydrogens is 294 g/mol. The molecule has 1 aliphatic rings. The predicted octanol–water partition coefficient (Wildman–Crippen LogP) is 3.26. The Hall–Kier alpha value is -0.0900. The van der Waals surface area contributed by atoms with E-state index in [4.69, 9.17) is 4.74 Å². The molecule has 1 rings (SSSR count). The molecule has 1 aliphatic heterocycles. The van der Waals surface area contributed by atoms with E-state index in [1.165, 1.54) is 0 Å². The van der Waals surface area contributed by atoms with Crippen molar-refractivity contribution in [2.24, 2.45) is 5.92 Å². The first kappa shape index (κ1) is 16.0. The molecule has 0 aromatic carbocycles. The van der Waals surface area contributed by atoms with E-state index in [9.17, 15) is 4.79 Å². The Bertz CT molecular complexity index is 238. The SMILES string of the molecule is CCC(CC)C(Br)CNC(=O)CCC1CCCO1. The second kappa shape index (κ2) is 8.92. The van der Waals surface area contributed by atoms with Crippen molar-refractivity contribution in [3.05, 3.63) is 0 Å². The molecule has 2 unspecified atom stereocenters. The maximum atomic E-state index is 11.7. The molecule has 1 heterocycles. The number of alkyl halides is 1. The van der Waals surface area contributed by atoms with Crippen LogP contribution in [0.15, 0.2) is 0 Å². The summed E-state index contributed by atoms with van der Waals surface area (Å²) in [5.41, 5.74) is 0. The van der Waals surface area contributed by atoms with Crippen LogP contribution in [0, 0.1) is 5.92 Å². The number of carbonyl (C=O) groups is 1. The Morgan fingerprint density at radius 1 is 1.44 bits per heavy atom. The number of carbonyl (C=O) groups excluding carboxylic acids is 1. The minimum Gasteiger partial charge on any atom is -0.378 e. The number of hydrogen-bond acceptors (Lipinski definition) is 2. The molecule has 2 atom stereocenters. The number of rotatable bonds is 8. The highest BCUT2D eigenvalue weighted by Gasteiger charge is 2.18. The van der Waals surface area contributed by atoms with Gasteiger partial charge in [-0.1, -0.05) is 42.6 Å². The lowest BCUT2D eigenvalue weighted by Crippen LogP contribution is -2.33. The van der Waals surface area contributed by atoms with Gasteiger partial charge >= 0.3 is 0 Å². The lowest BCUT2D eigenvalue weighted by molar-refractivity contribution is -0.121. The fourth-order valence-electron chi connectivity index (χ4n) is 2.43. The van der Waals surface area contributed by atoms with Crippen LogP contribution in [0.1, 0.15) is 52.4 Å². The van der Waals surface area contributed by atoms with Gasteiger partial charge in [0.1, 0.15) is 0 Å². The van der Waals surface area contributed by atoms with Gasteiger partial charge in [0.25, 0.3) is 0 Å². The zero-order valence-electron chi connectivity index (χ0n) is 11.6. The Morgan fingerprint density at radius 2 is 2.17 bits per heavy atom. The van der Waals surface area contributed by atoms with Crippen molar-refractivity contribution in [2.75, 3.05) is 13.2 Å². The lowest BCUT2D eigenvalue weighted by atomic mass is 9.99. The van der Waals surface area contributed by atoms with Crippen molar-refractivity contribution in [2.45, 2.75) is 63.3 Å². The van der Waals surface area contributed by atoms with Crippen molar-refractivity contribution in [3.8, 4) is 0 Å². The highest BCUT2D eigenvalue weighted by atomic mass is 79.9. The molecule has 0 aromatic heterocycles. The highest BCUT2D eigenvalue weighted by Crippen LogP contribution is 2.20. The van der Waals surface area contributed by atoms with Crippen molar-refractivity contribution < 1.29 is 9.53 Å². The minimum atomic E-state index is 0.154. The number of ether oxygens (including phenoxy) is 1. The van der Waals surface area contributed by atoms with E-state index >= 15 is 0 Å². The van der Waals surface area contributed by atoms with Crippen LogP contribution in [0.5, 0.6) is 0 Å². The quantitative estimate of drug-likeness (QED) is 0.697. The Kier molecular flexibility index (Phi) is 7.91. The zero-order valence-corrected chi connectivity index (χ0v) is 13.2. The van der Waals surface area contributed by atoms with Gasteiger partial charge in [0.2, 0.25) is 5.91 Å². The van der Waals surface area contributed by atoms with Crippen LogP contribution in [-0.2, 0) is 9.53 Å². The van der Waals surface area contributed by atoms with Gasteiger partial charge in [-0.05, 0) is 25.2 Å². The van der Waals surface area contributed by atoms with Crippen molar-refractivity contribution in [3.63, 3.8) is 0 Å². The zero-order chi connectivity index (χ0) is 13.4. The van der Waals surface area contributed by atoms with Crippen LogP contribution in [0.3, 0.4) is 0 Å². The normalized spacial score (nSPS) is 21.2.